The van der Waals surface area contributed by atoms with Crippen molar-refractivity contribution in [1.82, 2.24) is 19.9 Å². The molecule has 2 aliphatic carbocycles. The second-order valence-electron chi connectivity index (χ2n) is 7.42. The van der Waals surface area contributed by atoms with Gasteiger partial charge in [0.05, 0.1) is 16.8 Å². The first kappa shape index (κ1) is 15.2. The van der Waals surface area contributed by atoms with E-state index in [1.165, 1.54) is 6.20 Å². The molecule has 3 heterocycles. The van der Waals surface area contributed by atoms with Crippen LogP contribution in [0, 0.1) is 5.92 Å². The van der Waals surface area contributed by atoms with E-state index in [0.29, 0.717) is 23.1 Å². The molecule has 132 valence electrons. The SMILES string of the molecule is Nc1ncc(-c2cn([C@]34CNC[C@H]3C4)c(C3CC3)n2)cc1C(F)(F)F. The zero-order chi connectivity index (χ0) is 17.4. The first-order valence-electron chi connectivity index (χ1n) is 8.52. The summed E-state index contributed by atoms with van der Waals surface area (Å²) < 4.78 is 41.6. The molecule has 5 nitrogen and oxygen atoms in total. The number of anilines is 1. The van der Waals surface area contributed by atoms with Crippen LogP contribution in [0.2, 0.25) is 0 Å². The van der Waals surface area contributed by atoms with Crippen molar-refractivity contribution in [2.45, 2.75) is 36.9 Å². The van der Waals surface area contributed by atoms with Crippen molar-refractivity contribution in [1.29, 1.82) is 0 Å². The Kier molecular flexibility index (Phi) is 2.89. The number of nitrogens with zero attached hydrogens (tertiary/aromatic N) is 3. The molecule has 5 rings (SSSR count). The number of hydrogen-bond donors (Lipinski definition) is 2. The van der Waals surface area contributed by atoms with Crippen molar-refractivity contribution in [3.05, 3.63) is 29.8 Å². The Morgan fingerprint density at radius 1 is 1.32 bits per heavy atom. The molecular weight excluding hydrogens is 331 g/mol. The lowest BCUT2D eigenvalue weighted by Crippen LogP contribution is -2.26. The number of hydrogen-bond acceptors (Lipinski definition) is 4. The lowest BCUT2D eigenvalue weighted by atomic mass is 10.1. The largest absolute Gasteiger partial charge is 0.419 e. The predicted octanol–water partition coefficient (Wildman–Crippen LogP) is 2.74. The fraction of sp³-hybridized carbons (Fsp3) is 0.529. The lowest BCUT2D eigenvalue weighted by Gasteiger charge is -2.17. The molecule has 3 fully saturated rings. The van der Waals surface area contributed by atoms with Crippen molar-refractivity contribution in [2.75, 3.05) is 18.8 Å². The molecule has 8 heteroatoms. The van der Waals surface area contributed by atoms with Gasteiger partial charge in [-0.15, -0.1) is 0 Å². The molecule has 0 bridgehead atoms. The minimum atomic E-state index is -4.52. The number of halogens is 3. The van der Waals surface area contributed by atoms with E-state index >= 15 is 0 Å². The van der Waals surface area contributed by atoms with Crippen LogP contribution in [0.1, 0.15) is 36.6 Å². The number of nitrogen functional groups attached to an aromatic ring is 1. The van der Waals surface area contributed by atoms with E-state index in [1.54, 1.807) is 0 Å². The van der Waals surface area contributed by atoms with Crippen LogP contribution >= 0.6 is 0 Å². The van der Waals surface area contributed by atoms with Crippen LogP contribution in [-0.2, 0) is 11.7 Å². The van der Waals surface area contributed by atoms with Crippen molar-refractivity contribution < 1.29 is 13.2 Å². The second-order valence-corrected chi connectivity index (χ2v) is 7.42. The summed E-state index contributed by atoms with van der Waals surface area (Å²) in [5.74, 6) is 1.53. The minimum Gasteiger partial charge on any atom is -0.383 e. The Bertz CT molecular complexity index is 854. The number of fused-ring (bicyclic) bond motifs is 1. The number of nitrogens with one attached hydrogen (secondary N) is 1. The zero-order valence-corrected chi connectivity index (χ0v) is 13.5. The van der Waals surface area contributed by atoms with Crippen LogP contribution < -0.4 is 11.1 Å². The van der Waals surface area contributed by atoms with Crippen LogP contribution in [0.3, 0.4) is 0 Å². The maximum atomic E-state index is 13.1. The van der Waals surface area contributed by atoms with Gasteiger partial charge >= 0.3 is 6.18 Å². The van der Waals surface area contributed by atoms with Crippen molar-refractivity contribution in [3.63, 3.8) is 0 Å². The molecule has 0 amide bonds. The van der Waals surface area contributed by atoms with Gasteiger partial charge in [-0.2, -0.15) is 13.2 Å². The summed E-state index contributed by atoms with van der Waals surface area (Å²) in [5.41, 5.74) is 5.48. The van der Waals surface area contributed by atoms with Gasteiger partial charge in [-0.25, -0.2) is 9.97 Å². The number of alkyl halides is 3. The van der Waals surface area contributed by atoms with Crippen LogP contribution in [0.15, 0.2) is 18.5 Å². The molecule has 0 spiro atoms. The Balaban J connectivity index is 1.59. The van der Waals surface area contributed by atoms with E-state index in [4.69, 9.17) is 10.7 Å². The van der Waals surface area contributed by atoms with Gasteiger partial charge in [0.25, 0.3) is 0 Å². The van der Waals surface area contributed by atoms with Crippen LogP contribution in [0.4, 0.5) is 19.0 Å². The third-order valence-corrected chi connectivity index (χ3v) is 5.70. The summed E-state index contributed by atoms with van der Waals surface area (Å²) in [5, 5.41) is 3.41. The quantitative estimate of drug-likeness (QED) is 0.894. The fourth-order valence-electron chi connectivity index (χ4n) is 4.05. The van der Waals surface area contributed by atoms with Gasteiger partial charge in [-0.1, -0.05) is 0 Å². The molecule has 1 aliphatic heterocycles. The van der Waals surface area contributed by atoms with Crippen LogP contribution in [0.25, 0.3) is 11.3 Å². The van der Waals surface area contributed by atoms with Gasteiger partial charge in [0, 0.05) is 37.0 Å². The monoisotopic (exact) mass is 349 g/mol. The summed E-state index contributed by atoms with van der Waals surface area (Å²) in [7, 11) is 0. The van der Waals surface area contributed by atoms with Crippen molar-refractivity contribution in [3.8, 4) is 11.3 Å². The fourth-order valence-corrected chi connectivity index (χ4v) is 4.05. The highest BCUT2D eigenvalue weighted by atomic mass is 19.4. The van der Waals surface area contributed by atoms with E-state index in [-0.39, 0.29) is 5.54 Å². The molecule has 1 saturated heterocycles. The highest BCUT2D eigenvalue weighted by molar-refractivity contribution is 5.62. The molecule has 0 radical (unpaired) electrons. The third-order valence-electron chi connectivity index (χ3n) is 5.70. The number of rotatable bonds is 3. The molecule has 3 N–H and O–H groups in total. The lowest BCUT2D eigenvalue weighted by molar-refractivity contribution is -0.137. The molecule has 0 aromatic carbocycles. The first-order chi connectivity index (χ1) is 11.9. The molecule has 0 unspecified atom stereocenters. The Morgan fingerprint density at radius 3 is 2.72 bits per heavy atom. The van der Waals surface area contributed by atoms with Gasteiger partial charge in [0.1, 0.15) is 11.6 Å². The number of imidazole rings is 1. The minimum absolute atomic E-state index is 0.0667. The zero-order valence-electron chi connectivity index (χ0n) is 13.5. The maximum Gasteiger partial charge on any atom is 0.419 e. The number of aromatic nitrogens is 3. The standard InChI is InChI=1S/C17H18F3N5/c18-17(19,20)12-3-10(5-23-14(12)21)13-7-25(15(24-13)9-1-2-9)16-4-11(16)6-22-8-16/h3,5,7,9,11,22H,1-2,4,6,8H2,(H2,21,23)/t11-,16-/m1/s1. The molecule has 2 aromatic rings. The van der Waals surface area contributed by atoms with Gasteiger partial charge in [-0.05, 0) is 31.2 Å². The van der Waals surface area contributed by atoms with Crippen LogP contribution in [-0.4, -0.2) is 27.6 Å². The average Bonchev–Trinajstić information content (AvgIpc) is 3.45. The van der Waals surface area contributed by atoms with Gasteiger partial charge in [0.2, 0.25) is 0 Å². The summed E-state index contributed by atoms with van der Waals surface area (Å²) >= 11 is 0. The van der Waals surface area contributed by atoms with Gasteiger partial charge in [-0.3, -0.25) is 0 Å². The third kappa shape index (κ3) is 2.27. The van der Waals surface area contributed by atoms with E-state index in [1.807, 2.05) is 6.20 Å². The topological polar surface area (TPSA) is 68.8 Å². The highest BCUT2D eigenvalue weighted by Gasteiger charge is 2.60. The van der Waals surface area contributed by atoms with Crippen molar-refractivity contribution >= 4 is 5.82 Å². The average molecular weight is 349 g/mol. The Hall–Kier alpha value is -2.09. The Morgan fingerprint density at radius 2 is 2.12 bits per heavy atom. The van der Waals surface area contributed by atoms with E-state index in [9.17, 15) is 13.2 Å². The molecule has 2 saturated carbocycles. The summed E-state index contributed by atoms with van der Waals surface area (Å²) in [4.78, 5) is 8.44. The summed E-state index contributed by atoms with van der Waals surface area (Å²) in [6, 6.07) is 1.06. The maximum absolute atomic E-state index is 13.1. The second kappa shape index (κ2) is 4.75. The molecule has 25 heavy (non-hydrogen) atoms. The molecule has 3 aliphatic rings. The smallest absolute Gasteiger partial charge is 0.383 e. The number of pyridine rings is 1. The predicted molar refractivity (Wildman–Crippen MR) is 85.8 cm³/mol. The van der Waals surface area contributed by atoms with E-state index in [0.717, 1.165) is 44.2 Å². The molecular formula is C17H18F3N5. The van der Waals surface area contributed by atoms with Gasteiger partial charge < -0.3 is 15.6 Å². The van der Waals surface area contributed by atoms with E-state index in [2.05, 4.69) is 14.9 Å². The number of nitrogens with two attached hydrogens (primary N) is 1. The number of piperidine rings is 1. The summed E-state index contributed by atoms with van der Waals surface area (Å²) in [6.45, 7) is 1.90. The molecule has 2 aromatic heterocycles. The Labute approximate surface area is 142 Å². The van der Waals surface area contributed by atoms with Gasteiger partial charge in [0.15, 0.2) is 0 Å². The first-order valence-corrected chi connectivity index (χ1v) is 8.52. The normalized spacial score (nSPS) is 28.2. The van der Waals surface area contributed by atoms with Crippen LogP contribution in [0.5, 0.6) is 0 Å². The van der Waals surface area contributed by atoms with Crippen molar-refractivity contribution in [2.24, 2.45) is 5.92 Å². The summed E-state index contributed by atoms with van der Waals surface area (Å²) in [6.07, 6.45) is 2.07. The van der Waals surface area contributed by atoms with E-state index < -0.39 is 17.6 Å². The molecule has 2 atom stereocenters. The highest BCUT2D eigenvalue weighted by Crippen LogP contribution is 2.55.